The van der Waals surface area contributed by atoms with E-state index in [4.69, 9.17) is 0 Å². The molecule has 7 nitrogen and oxygen atoms in total. The molecule has 0 aliphatic rings. The van der Waals surface area contributed by atoms with E-state index >= 15 is 0 Å². The smallest absolute Gasteiger partial charge is 0.257 e. The summed E-state index contributed by atoms with van der Waals surface area (Å²) in [4.78, 5) is 38.9. The minimum absolute atomic E-state index is 0.120. The summed E-state index contributed by atoms with van der Waals surface area (Å²) >= 11 is 3.28. The van der Waals surface area contributed by atoms with Gasteiger partial charge in [0.15, 0.2) is 0 Å². The topological polar surface area (TPSA) is 103 Å². The van der Waals surface area contributed by atoms with Crippen molar-refractivity contribution in [1.29, 1.82) is 0 Å². The fraction of sp³-hybridized carbons (Fsp3) is 0.105. The number of benzene rings is 2. The van der Waals surface area contributed by atoms with Crippen LogP contribution in [-0.2, 0) is 16.0 Å². The Bertz CT molecular complexity index is 999. The highest BCUT2D eigenvalue weighted by Crippen LogP contribution is 2.17. The van der Waals surface area contributed by atoms with E-state index < -0.39 is 5.91 Å². The lowest BCUT2D eigenvalue weighted by Gasteiger charge is -2.08. The number of H-pyrrole nitrogens is 1. The van der Waals surface area contributed by atoms with Crippen molar-refractivity contribution >= 4 is 44.6 Å². The average Bonchev–Trinajstić information content (AvgIpc) is 3.07. The molecule has 3 rings (SSSR count). The second kappa shape index (κ2) is 8.50. The molecule has 3 amide bonds. The molecule has 0 unspecified atom stereocenters. The van der Waals surface area contributed by atoms with Crippen molar-refractivity contribution in [3.05, 3.63) is 70.3 Å². The lowest BCUT2D eigenvalue weighted by atomic mass is 10.1. The van der Waals surface area contributed by atoms with Crippen LogP contribution < -0.4 is 16.2 Å². The van der Waals surface area contributed by atoms with Gasteiger partial charge in [-0.1, -0.05) is 40.2 Å². The number of hydrogen-bond donors (Lipinski definition) is 4. The van der Waals surface area contributed by atoms with Crippen LogP contribution in [0.3, 0.4) is 0 Å². The number of hydrazine groups is 1. The van der Waals surface area contributed by atoms with Gasteiger partial charge in [0.2, 0.25) is 5.91 Å². The predicted molar refractivity (Wildman–Crippen MR) is 105 cm³/mol. The van der Waals surface area contributed by atoms with Crippen molar-refractivity contribution < 1.29 is 14.4 Å². The maximum Gasteiger partial charge on any atom is 0.257 e. The highest BCUT2D eigenvalue weighted by Gasteiger charge is 2.11. The third kappa shape index (κ3) is 4.95. The number of aromatic amines is 1. The SMILES string of the molecule is O=C(CNC(=O)c1cccc(Br)c1)NNC(=O)Cc1c[nH]c2ccccc12. The molecule has 0 bridgehead atoms. The Labute approximate surface area is 163 Å². The molecule has 0 radical (unpaired) electrons. The third-order valence-corrected chi connectivity index (χ3v) is 4.36. The molecular weight excluding hydrogens is 412 g/mol. The van der Waals surface area contributed by atoms with E-state index in [9.17, 15) is 14.4 Å². The van der Waals surface area contributed by atoms with Gasteiger partial charge in [-0.25, -0.2) is 0 Å². The zero-order valence-corrected chi connectivity index (χ0v) is 15.8. The first-order valence-corrected chi connectivity index (χ1v) is 8.98. The first-order valence-electron chi connectivity index (χ1n) is 8.19. The van der Waals surface area contributed by atoms with Gasteiger partial charge in [0, 0.05) is 27.1 Å². The average molecular weight is 429 g/mol. The fourth-order valence-electron chi connectivity index (χ4n) is 2.57. The second-order valence-corrected chi connectivity index (χ2v) is 6.74. The molecule has 0 aliphatic carbocycles. The number of nitrogens with one attached hydrogen (secondary N) is 4. The van der Waals surface area contributed by atoms with Crippen molar-refractivity contribution in [2.75, 3.05) is 6.54 Å². The van der Waals surface area contributed by atoms with E-state index in [0.717, 1.165) is 20.9 Å². The molecule has 4 N–H and O–H groups in total. The first kappa shape index (κ1) is 18.7. The Hall–Kier alpha value is -3.13. The molecule has 0 spiro atoms. The van der Waals surface area contributed by atoms with Gasteiger partial charge in [-0.05, 0) is 29.8 Å². The van der Waals surface area contributed by atoms with Crippen molar-refractivity contribution in [2.45, 2.75) is 6.42 Å². The summed E-state index contributed by atoms with van der Waals surface area (Å²) in [6.45, 7) is -0.251. The number of hydrogen-bond acceptors (Lipinski definition) is 3. The molecule has 1 aromatic heterocycles. The maximum atomic E-state index is 12.0. The van der Waals surface area contributed by atoms with Crippen LogP contribution in [0.25, 0.3) is 10.9 Å². The molecule has 0 saturated carbocycles. The van der Waals surface area contributed by atoms with Gasteiger partial charge < -0.3 is 10.3 Å². The van der Waals surface area contributed by atoms with Gasteiger partial charge in [0.25, 0.3) is 11.8 Å². The number of rotatable bonds is 5. The van der Waals surface area contributed by atoms with Crippen molar-refractivity contribution in [3.8, 4) is 0 Å². The summed E-state index contributed by atoms with van der Waals surface area (Å²) in [7, 11) is 0. The molecule has 8 heteroatoms. The van der Waals surface area contributed by atoms with Crippen LogP contribution in [0.15, 0.2) is 59.2 Å². The lowest BCUT2D eigenvalue weighted by Crippen LogP contribution is -2.46. The van der Waals surface area contributed by atoms with Crippen LogP contribution in [0.1, 0.15) is 15.9 Å². The monoisotopic (exact) mass is 428 g/mol. The van der Waals surface area contributed by atoms with Gasteiger partial charge in [-0.15, -0.1) is 0 Å². The molecule has 0 atom stereocenters. The molecular formula is C19H17BrN4O3. The normalized spacial score (nSPS) is 10.4. The van der Waals surface area contributed by atoms with Crippen LogP contribution >= 0.6 is 15.9 Å². The summed E-state index contributed by atoms with van der Waals surface area (Å²) in [5, 5.41) is 3.45. The highest BCUT2D eigenvalue weighted by molar-refractivity contribution is 9.10. The van der Waals surface area contributed by atoms with Gasteiger partial charge in [0.05, 0.1) is 13.0 Å². The Morgan fingerprint density at radius 2 is 1.74 bits per heavy atom. The van der Waals surface area contributed by atoms with E-state index in [0.29, 0.717) is 5.56 Å². The van der Waals surface area contributed by atoms with Crippen LogP contribution in [0, 0.1) is 0 Å². The minimum atomic E-state index is -0.523. The Morgan fingerprint density at radius 1 is 0.963 bits per heavy atom. The predicted octanol–water partition coefficient (Wildman–Crippen LogP) is 2.05. The highest BCUT2D eigenvalue weighted by atomic mass is 79.9. The third-order valence-electron chi connectivity index (χ3n) is 3.86. The Morgan fingerprint density at radius 3 is 2.56 bits per heavy atom. The van der Waals surface area contributed by atoms with E-state index in [-0.39, 0.29) is 24.8 Å². The molecule has 0 aliphatic heterocycles. The van der Waals surface area contributed by atoms with Crippen LogP contribution in [0.2, 0.25) is 0 Å². The summed E-state index contributed by atoms with van der Waals surface area (Å²) in [5.41, 5.74) is 6.84. The van der Waals surface area contributed by atoms with E-state index in [2.05, 4.69) is 37.1 Å². The summed E-state index contributed by atoms with van der Waals surface area (Å²) < 4.78 is 0.768. The number of halogens is 1. The Balaban J connectivity index is 1.45. The number of carbonyl (C=O) groups excluding carboxylic acids is 3. The largest absolute Gasteiger partial charge is 0.361 e. The molecule has 0 saturated heterocycles. The molecule has 138 valence electrons. The number of amides is 3. The molecule has 27 heavy (non-hydrogen) atoms. The summed E-state index contributed by atoms with van der Waals surface area (Å²) in [6, 6.07) is 14.5. The second-order valence-electron chi connectivity index (χ2n) is 5.83. The number of para-hydroxylation sites is 1. The quantitative estimate of drug-likeness (QED) is 0.467. The number of aromatic nitrogens is 1. The van der Waals surface area contributed by atoms with Crippen molar-refractivity contribution in [1.82, 2.24) is 21.2 Å². The number of carbonyl (C=O) groups is 3. The Kier molecular flexibility index (Phi) is 5.87. The van der Waals surface area contributed by atoms with Crippen LogP contribution in [0.5, 0.6) is 0 Å². The standard InChI is InChI=1S/C19H17BrN4O3/c20-14-5-3-4-12(8-14)19(27)22-11-18(26)24-23-17(25)9-13-10-21-16-7-2-1-6-15(13)16/h1-8,10,21H,9,11H2,(H,22,27)(H,23,25)(H,24,26). The van der Waals surface area contributed by atoms with Gasteiger partial charge in [-0.2, -0.15) is 0 Å². The minimum Gasteiger partial charge on any atom is -0.361 e. The molecule has 2 aromatic carbocycles. The van der Waals surface area contributed by atoms with E-state index in [1.807, 2.05) is 24.3 Å². The van der Waals surface area contributed by atoms with Crippen molar-refractivity contribution in [3.63, 3.8) is 0 Å². The first-order chi connectivity index (χ1) is 13.0. The van der Waals surface area contributed by atoms with Crippen molar-refractivity contribution in [2.24, 2.45) is 0 Å². The lowest BCUT2D eigenvalue weighted by molar-refractivity contribution is -0.128. The van der Waals surface area contributed by atoms with E-state index in [1.54, 1.807) is 30.5 Å². The molecule has 0 fully saturated rings. The van der Waals surface area contributed by atoms with Gasteiger partial charge in [0.1, 0.15) is 0 Å². The zero-order valence-electron chi connectivity index (χ0n) is 14.2. The zero-order chi connectivity index (χ0) is 19.2. The van der Waals surface area contributed by atoms with Crippen LogP contribution in [-0.4, -0.2) is 29.3 Å². The van der Waals surface area contributed by atoms with E-state index in [1.165, 1.54) is 0 Å². The van der Waals surface area contributed by atoms with Gasteiger partial charge >= 0.3 is 0 Å². The fourth-order valence-corrected chi connectivity index (χ4v) is 2.97. The summed E-state index contributed by atoms with van der Waals surface area (Å²) in [5.74, 6) is -1.26. The molecule has 3 aromatic rings. The number of fused-ring (bicyclic) bond motifs is 1. The maximum absolute atomic E-state index is 12.0. The molecule has 1 heterocycles. The summed E-state index contributed by atoms with van der Waals surface area (Å²) in [6.07, 6.45) is 1.89. The van der Waals surface area contributed by atoms with Crippen LogP contribution in [0.4, 0.5) is 0 Å². The van der Waals surface area contributed by atoms with Gasteiger partial charge in [-0.3, -0.25) is 25.2 Å².